The van der Waals surface area contributed by atoms with Crippen molar-refractivity contribution in [2.75, 3.05) is 13.1 Å². The summed E-state index contributed by atoms with van der Waals surface area (Å²) in [5, 5.41) is 11.5. The minimum Gasteiger partial charge on any atom is -0.391 e. The standard InChI is InChI=1S/C16H23BrClNO/c1-3-16(2,19-8-4-5-9-19)15(20)10-12-6-7-13(17)11-14(12)18/h6-7,11,15,20H,3-5,8-10H2,1-2H3. The van der Waals surface area contributed by atoms with Crippen LogP contribution in [0.15, 0.2) is 22.7 Å². The van der Waals surface area contributed by atoms with Crippen LogP contribution in [0.2, 0.25) is 5.02 Å². The predicted molar refractivity (Wildman–Crippen MR) is 88.4 cm³/mol. The lowest BCUT2D eigenvalue weighted by molar-refractivity contribution is -0.0117. The molecule has 1 aliphatic rings. The Hall–Kier alpha value is -0.0900. The molecule has 1 heterocycles. The Morgan fingerprint density at radius 1 is 1.40 bits per heavy atom. The highest BCUT2D eigenvalue weighted by atomic mass is 79.9. The van der Waals surface area contributed by atoms with Gasteiger partial charge in [0.1, 0.15) is 0 Å². The van der Waals surface area contributed by atoms with Gasteiger partial charge in [-0.25, -0.2) is 0 Å². The van der Waals surface area contributed by atoms with Crippen LogP contribution in [0, 0.1) is 0 Å². The quantitative estimate of drug-likeness (QED) is 0.847. The van der Waals surface area contributed by atoms with E-state index in [-0.39, 0.29) is 5.54 Å². The zero-order valence-corrected chi connectivity index (χ0v) is 14.5. The van der Waals surface area contributed by atoms with Crippen molar-refractivity contribution in [3.8, 4) is 0 Å². The highest BCUT2D eigenvalue weighted by Gasteiger charge is 2.38. The van der Waals surface area contributed by atoms with E-state index in [0.717, 1.165) is 34.6 Å². The predicted octanol–water partition coefficient (Wildman–Crippen LogP) is 4.27. The Balaban J connectivity index is 2.14. The van der Waals surface area contributed by atoms with Crippen LogP contribution in [0.3, 0.4) is 0 Å². The maximum absolute atomic E-state index is 10.8. The van der Waals surface area contributed by atoms with Crippen LogP contribution >= 0.6 is 27.5 Å². The SMILES string of the molecule is CCC(C)(C(O)Cc1ccc(Br)cc1Cl)N1CCCC1. The number of hydrogen-bond donors (Lipinski definition) is 1. The zero-order chi connectivity index (χ0) is 14.8. The summed E-state index contributed by atoms with van der Waals surface area (Å²) >= 11 is 9.69. The highest BCUT2D eigenvalue weighted by Crippen LogP contribution is 2.31. The Kier molecular flexibility index (Phi) is 5.52. The molecule has 0 spiro atoms. The Morgan fingerprint density at radius 3 is 2.60 bits per heavy atom. The summed E-state index contributed by atoms with van der Waals surface area (Å²) in [6.45, 7) is 6.52. The molecule has 0 saturated carbocycles. The van der Waals surface area contributed by atoms with Crippen molar-refractivity contribution in [2.45, 2.75) is 51.2 Å². The molecular formula is C16H23BrClNO. The molecule has 1 saturated heterocycles. The molecule has 0 aromatic heterocycles. The van der Waals surface area contributed by atoms with E-state index < -0.39 is 6.10 Å². The average Bonchev–Trinajstić information content (AvgIpc) is 2.95. The lowest BCUT2D eigenvalue weighted by atomic mass is 9.86. The molecule has 2 rings (SSSR count). The van der Waals surface area contributed by atoms with E-state index in [4.69, 9.17) is 11.6 Å². The van der Waals surface area contributed by atoms with E-state index in [9.17, 15) is 5.11 Å². The van der Waals surface area contributed by atoms with Crippen molar-refractivity contribution in [1.82, 2.24) is 4.90 Å². The molecule has 0 aliphatic carbocycles. The van der Waals surface area contributed by atoms with Gasteiger partial charge in [0.15, 0.2) is 0 Å². The summed E-state index contributed by atoms with van der Waals surface area (Å²) in [6, 6.07) is 5.87. The third kappa shape index (κ3) is 3.38. The van der Waals surface area contributed by atoms with Gasteiger partial charge in [-0.05, 0) is 57.0 Å². The number of nitrogens with zero attached hydrogens (tertiary/aromatic N) is 1. The molecule has 2 atom stereocenters. The lowest BCUT2D eigenvalue weighted by Crippen LogP contribution is -2.53. The third-order valence-corrected chi connectivity index (χ3v) is 5.54. The van der Waals surface area contributed by atoms with Gasteiger partial charge in [-0.3, -0.25) is 4.90 Å². The molecule has 1 fully saturated rings. The third-order valence-electron chi connectivity index (χ3n) is 4.69. The molecule has 2 unspecified atom stereocenters. The number of likely N-dealkylation sites (tertiary alicyclic amines) is 1. The molecule has 20 heavy (non-hydrogen) atoms. The van der Waals surface area contributed by atoms with Crippen molar-refractivity contribution < 1.29 is 5.11 Å². The van der Waals surface area contributed by atoms with Crippen molar-refractivity contribution in [3.05, 3.63) is 33.3 Å². The first-order valence-electron chi connectivity index (χ1n) is 7.34. The summed E-state index contributed by atoms with van der Waals surface area (Å²) < 4.78 is 0.971. The Labute approximate surface area is 135 Å². The molecule has 1 aromatic carbocycles. The Bertz CT molecular complexity index is 462. The van der Waals surface area contributed by atoms with E-state index >= 15 is 0 Å². The number of aliphatic hydroxyl groups excluding tert-OH is 1. The normalized spacial score (nSPS) is 20.9. The van der Waals surface area contributed by atoms with Gasteiger partial charge in [0.05, 0.1) is 6.10 Å². The minimum absolute atomic E-state index is 0.160. The monoisotopic (exact) mass is 359 g/mol. The molecule has 112 valence electrons. The maximum atomic E-state index is 10.8. The molecule has 0 amide bonds. The molecule has 2 nitrogen and oxygen atoms in total. The number of halogens is 2. The lowest BCUT2D eigenvalue weighted by Gasteiger charge is -2.42. The van der Waals surface area contributed by atoms with Crippen LogP contribution in [0.1, 0.15) is 38.7 Å². The minimum atomic E-state index is -0.399. The van der Waals surface area contributed by atoms with Crippen molar-refractivity contribution in [1.29, 1.82) is 0 Å². The van der Waals surface area contributed by atoms with Gasteiger partial charge in [0.25, 0.3) is 0 Å². The van der Waals surface area contributed by atoms with Crippen molar-refractivity contribution in [3.63, 3.8) is 0 Å². The first kappa shape index (κ1) is 16.3. The topological polar surface area (TPSA) is 23.5 Å². The molecule has 4 heteroatoms. The van der Waals surface area contributed by atoms with E-state index in [1.54, 1.807) is 0 Å². The van der Waals surface area contributed by atoms with E-state index in [1.807, 2.05) is 18.2 Å². The largest absolute Gasteiger partial charge is 0.391 e. The number of rotatable bonds is 5. The van der Waals surface area contributed by atoms with Gasteiger partial charge in [0.2, 0.25) is 0 Å². The molecule has 0 radical (unpaired) electrons. The molecular weight excluding hydrogens is 338 g/mol. The van der Waals surface area contributed by atoms with Gasteiger partial charge in [-0.2, -0.15) is 0 Å². The van der Waals surface area contributed by atoms with Gasteiger partial charge >= 0.3 is 0 Å². The molecule has 1 aromatic rings. The van der Waals surface area contributed by atoms with E-state index in [2.05, 4.69) is 34.7 Å². The molecule has 1 aliphatic heterocycles. The van der Waals surface area contributed by atoms with Gasteiger partial charge in [-0.15, -0.1) is 0 Å². The fourth-order valence-electron chi connectivity index (χ4n) is 3.01. The van der Waals surface area contributed by atoms with Gasteiger partial charge in [-0.1, -0.05) is 40.5 Å². The highest BCUT2D eigenvalue weighted by molar-refractivity contribution is 9.10. The van der Waals surface area contributed by atoms with Crippen LogP contribution in [-0.4, -0.2) is 34.7 Å². The summed E-state index contributed by atoms with van der Waals surface area (Å²) in [4.78, 5) is 2.43. The van der Waals surface area contributed by atoms with E-state index in [1.165, 1.54) is 12.8 Å². The zero-order valence-electron chi connectivity index (χ0n) is 12.2. The summed E-state index contributed by atoms with van der Waals surface area (Å²) in [5.74, 6) is 0. The van der Waals surface area contributed by atoms with Crippen LogP contribution in [0.25, 0.3) is 0 Å². The smallest absolute Gasteiger partial charge is 0.0761 e. The second-order valence-electron chi connectivity index (χ2n) is 5.86. The Morgan fingerprint density at radius 2 is 2.05 bits per heavy atom. The number of benzene rings is 1. The summed E-state index contributed by atoms with van der Waals surface area (Å²) in [5.41, 5.74) is 0.855. The number of hydrogen-bond acceptors (Lipinski definition) is 2. The first-order valence-corrected chi connectivity index (χ1v) is 8.51. The van der Waals surface area contributed by atoms with E-state index in [0.29, 0.717) is 6.42 Å². The second-order valence-corrected chi connectivity index (χ2v) is 7.18. The first-order chi connectivity index (χ1) is 9.47. The van der Waals surface area contributed by atoms with Gasteiger partial charge in [0, 0.05) is 21.5 Å². The number of aliphatic hydroxyl groups is 1. The summed E-state index contributed by atoms with van der Waals surface area (Å²) in [6.07, 6.45) is 3.63. The van der Waals surface area contributed by atoms with Crippen LogP contribution in [-0.2, 0) is 6.42 Å². The van der Waals surface area contributed by atoms with Crippen LogP contribution < -0.4 is 0 Å². The van der Waals surface area contributed by atoms with Gasteiger partial charge < -0.3 is 5.11 Å². The fraction of sp³-hybridized carbons (Fsp3) is 0.625. The summed E-state index contributed by atoms with van der Waals surface area (Å²) in [7, 11) is 0. The molecule has 1 N–H and O–H groups in total. The van der Waals surface area contributed by atoms with Crippen molar-refractivity contribution >= 4 is 27.5 Å². The van der Waals surface area contributed by atoms with Crippen LogP contribution in [0.5, 0.6) is 0 Å². The van der Waals surface area contributed by atoms with Crippen molar-refractivity contribution in [2.24, 2.45) is 0 Å². The fourth-order valence-corrected chi connectivity index (χ4v) is 3.76. The maximum Gasteiger partial charge on any atom is 0.0761 e. The van der Waals surface area contributed by atoms with Crippen LogP contribution in [0.4, 0.5) is 0 Å². The average molecular weight is 361 g/mol. The second kappa shape index (κ2) is 6.78. The molecule has 0 bridgehead atoms.